The molecule has 0 saturated carbocycles. The van der Waals surface area contributed by atoms with Crippen molar-refractivity contribution < 1.29 is 19.0 Å². The average Bonchev–Trinajstić information content (AvgIpc) is 2.99. The van der Waals surface area contributed by atoms with E-state index in [1.165, 1.54) is 7.11 Å². The van der Waals surface area contributed by atoms with Crippen molar-refractivity contribution >= 4 is 5.97 Å². The number of carbonyl (C=O) groups is 1. The molecule has 2 aliphatic rings. The van der Waals surface area contributed by atoms with Gasteiger partial charge in [0.2, 0.25) is 0 Å². The second-order valence-corrected chi connectivity index (χ2v) is 6.12. The Morgan fingerprint density at radius 2 is 1.76 bits per heavy atom. The van der Waals surface area contributed by atoms with Crippen LogP contribution in [0, 0.1) is 34.5 Å². The molecule has 2 aliphatic heterocycles. The topological polar surface area (TPSA) is 95.6 Å². The summed E-state index contributed by atoms with van der Waals surface area (Å²) in [5, 5.41) is 19.3. The number of fused-ring (bicyclic) bond motifs is 3. The van der Waals surface area contributed by atoms with Gasteiger partial charge in [-0.15, -0.1) is 0 Å². The molecule has 25 heavy (non-hydrogen) atoms. The number of benzene rings is 1. The summed E-state index contributed by atoms with van der Waals surface area (Å²) in [6.07, 6.45) is 0.690. The highest BCUT2D eigenvalue weighted by molar-refractivity contribution is 5.78. The van der Waals surface area contributed by atoms with Crippen molar-refractivity contribution in [1.82, 2.24) is 4.90 Å². The molecule has 130 valence electrons. The van der Waals surface area contributed by atoms with Gasteiger partial charge in [-0.2, -0.15) is 10.5 Å². The molecule has 7 nitrogen and oxygen atoms in total. The van der Waals surface area contributed by atoms with Gasteiger partial charge in [-0.3, -0.25) is 9.69 Å². The zero-order valence-corrected chi connectivity index (χ0v) is 14.4. The molecule has 1 aromatic rings. The Morgan fingerprint density at radius 3 is 2.32 bits per heavy atom. The Morgan fingerprint density at radius 1 is 1.12 bits per heavy atom. The van der Waals surface area contributed by atoms with Gasteiger partial charge in [-0.25, -0.2) is 0 Å². The Hall–Kier alpha value is -2.77. The second-order valence-electron chi connectivity index (χ2n) is 6.12. The van der Waals surface area contributed by atoms with E-state index in [1.807, 2.05) is 17.0 Å². The van der Waals surface area contributed by atoms with Gasteiger partial charge in [0.15, 0.2) is 11.5 Å². The predicted molar refractivity (Wildman–Crippen MR) is 86.7 cm³/mol. The number of carbonyl (C=O) groups excluding carboxylic acids is 1. The number of nitrogens with zero attached hydrogens (tertiary/aromatic N) is 3. The fourth-order valence-electron chi connectivity index (χ4n) is 4.01. The van der Waals surface area contributed by atoms with Crippen LogP contribution in [0.1, 0.15) is 17.2 Å². The quantitative estimate of drug-likeness (QED) is 0.768. The van der Waals surface area contributed by atoms with Gasteiger partial charge < -0.3 is 14.2 Å². The number of hydrogen-bond acceptors (Lipinski definition) is 7. The minimum Gasteiger partial charge on any atom is -0.493 e. The number of nitriles is 2. The summed E-state index contributed by atoms with van der Waals surface area (Å²) in [4.78, 5) is 14.2. The molecular formula is C18H19N3O4. The highest BCUT2D eigenvalue weighted by Gasteiger charge is 2.55. The van der Waals surface area contributed by atoms with E-state index < -0.39 is 23.8 Å². The number of esters is 1. The molecule has 0 aromatic heterocycles. The molecule has 1 aromatic carbocycles. The van der Waals surface area contributed by atoms with Crippen molar-refractivity contribution in [2.75, 3.05) is 27.9 Å². The zero-order valence-electron chi connectivity index (χ0n) is 14.4. The second kappa shape index (κ2) is 6.62. The first-order valence-electron chi connectivity index (χ1n) is 7.98. The lowest BCUT2D eigenvalue weighted by atomic mass is 9.83. The van der Waals surface area contributed by atoms with Crippen molar-refractivity contribution in [2.45, 2.75) is 18.5 Å². The lowest BCUT2D eigenvalue weighted by molar-refractivity contribution is -0.147. The van der Waals surface area contributed by atoms with Gasteiger partial charge in [0, 0.05) is 6.54 Å². The van der Waals surface area contributed by atoms with Crippen LogP contribution >= 0.6 is 0 Å². The van der Waals surface area contributed by atoms with Crippen LogP contribution in [0.25, 0.3) is 0 Å². The standard InChI is InChI=1S/C18H19N3O4/c1-23-14-6-10-4-5-21-16(11(10)7-15(14)24-2)12(8-19)13(9-20)17(21)18(22)25-3/h6-7,12-13,16-17H,4-5H2,1-3H3/t12-,13-,16+,17-/m0/s1. The molecule has 1 fully saturated rings. The first kappa shape index (κ1) is 17.1. The number of hydrogen-bond donors (Lipinski definition) is 0. The molecule has 4 atom stereocenters. The van der Waals surface area contributed by atoms with Gasteiger partial charge >= 0.3 is 5.97 Å². The van der Waals surface area contributed by atoms with Crippen LogP contribution in [0.5, 0.6) is 11.5 Å². The summed E-state index contributed by atoms with van der Waals surface area (Å²) in [6, 6.07) is 7.07. The van der Waals surface area contributed by atoms with Crippen molar-refractivity contribution in [3.05, 3.63) is 23.3 Å². The van der Waals surface area contributed by atoms with E-state index >= 15 is 0 Å². The Labute approximate surface area is 146 Å². The molecule has 7 heteroatoms. The first-order chi connectivity index (χ1) is 12.1. The third-order valence-corrected chi connectivity index (χ3v) is 5.13. The largest absolute Gasteiger partial charge is 0.493 e. The molecule has 1 saturated heterocycles. The SMILES string of the molecule is COC(=O)[C@@H]1[C@@H](C#N)[C@H](C#N)[C@H]2c3cc(OC)c(OC)cc3CCN12. The summed E-state index contributed by atoms with van der Waals surface area (Å²) < 4.78 is 15.6. The Kier molecular flexibility index (Phi) is 4.52. The van der Waals surface area contributed by atoms with Crippen LogP contribution in [-0.2, 0) is 16.0 Å². The fraction of sp³-hybridized carbons (Fsp3) is 0.500. The summed E-state index contributed by atoms with van der Waals surface area (Å²) in [7, 11) is 4.43. The molecule has 0 bridgehead atoms. The third kappa shape index (κ3) is 2.48. The van der Waals surface area contributed by atoms with Crippen molar-refractivity contribution in [3.63, 3.8) is 0 Å². The van der Waals surface area contributed by atoms with E-state index in [1.54, 1.807) is 14.2 Å². The van der Waals surface area contributed by atoms with Crippen LogP contribution in [0.15, 0.2) is 12.1 Å². The number of ether oxygens (including phenoxy) is 3. The fourth-order valence-corrected chi connectivity index (χ4v) is 4.01. The van der Waals surface area contributed by atoms with Crippen LogP contribution in [0.4, 0.5) is 0 Å². The van der Waals surface area contributed by atoms with Gasteiger partial charge in [0.25, 0.3) is 0 Å². The van der Waals surface area contributed by atoms with Crippen LogP contribution in [0.3, 0.4) is 0 Å². The highest BCUT2D eigenvalue weighted by atomic mass is 16.5. The van der Waals surface area contributed by atoms with Gasteiger partial charge in [-0.05, 0) is 29.7 Å². The van der Waals surface area contributed by atoms with E-state index in [2.05, 4.69) is 12.1 Å². The summed E-state index contributed by atoms with van der Waals surface area (Å²) in [5.74, 6) is -0.636. The average molecular weight is 341 g/mol. The maximum absolute atomic E-state index is 12.3. The van der Waals surface area contributed by atoms with E-state index in [0.717, 1.165) is 11.1 Å². The van der Waals surface area contributed by atoms with Crippen LogP contribution in [-0.4, -0.2) is 44.8 Å². The Balaban J connectivity index is 2.14. The highest BCUT2D eigenvalue weighted by Crippen LogP contribution is 2.49. The van der Waals surface area contributed by atoms with Crippen molar-refractivity contribution in [3.8, 4) is 23.6 Å². The van der Waals surface area contributed by atoms with Gasteiger partial charge in [-0.1, -0.05) is 0 Å². The summed E-state index contributed by atoms with van der Waals surface area (Å²) in [6.45, 7) is 0.573. The molecule has 0 radical (unpaired) electrons. The predicted octanol–water partition coefficient (Wildman–Crippen LogP) is 1.44. The molecular weight excluding hydrogens is 322 g/mol. The van der Waals surface area contributed by atoms with E-state index in [0.29, 0.717) is 24.5 Å². The molecule has 0 spiro atoms. The molecule has 0 N–H and O–H groups in total. The molecule has 3 rings (SSSR count). The van der Waals surface area contributed by atoms with E-state index in [9.17, 15) is 15.3 Å². The molecule has 0 aliphatic carbocycles. The van der Waals surface area contributed by atoms with E-state index in [-0.39, 0.29) is 6.04 Å². The molecule has 2 heterocycles. The lowest BCUT2D eigenvalue weighted by Gasteiger charge is -2.35. The zero-order chi connectivity index (χ0) is 18.1. The van der Waals surface area contributed by atoms with Gasteiger partial charge in [0.05, 0.1) is 51.3 Å². The smallest absolute Gasteiger partial charge is 0.324 e. The van der Waals surface area contributed by atoms with Crippen LogP contribution in [0.2, 0.25) is 0 Å². The minimum atomic E-state index is -0.735. The first-order valence-corrected chi connectivity index (χ1v) is 7.98. The molecule has 0 amide bonds. The van der Waals surface area contributed by atoms with Crippen molar-refractivity contribution in [2.24, 2.45) is 11.8 Å². The number of rotatable bonds is 3. The van der Waals surface area contributed by atoms with Crippen LogP contribution < -0.4 is 9.47 Å². The van der Waals surface area contributed by atoms with Gasteiger partial charge in [0.1, 0.15) is 6.04 Å². The maximum Gasteiger partial charge on any atom is 0.324 e. The molecule has 0 unspecified atom stereocenters. The lowest BCUT2D eigenvalue weighted by Crippen LogP contribution is -2.43. The normalized spacial score (nSPS) is 27.4. The Bertz CT molecular complexity index is 780. The maximum atomic E-state index is 12.3. The summed E-state index contributed by atoms with van der Waals surface area (Å²) in [5.41, 5.74) is 1.95. The third-order valence-electron chi connectivity index (χ3n) is 5.13. The minimum absolute atomic E-state index is 0.345. The summed E-state index contributed by atoms with van der Waals surface area (Å²) >= 11 is 0. The number of methoxy groups -OCH3 is 3. The van der Waals surface area contributed by atoms with E-state index in [4.69, 9.17) is 14.2 Å². The monoisotopic (exact) mass is 341 g/mol. The van der Waals surface area contributed by atoms with Crippen molar-refractivity contribution in [1.29, 1.82) is 10.5 Å².